The van der Waals surface area contributed by atoms with Crippen molar-refractivity contribution in [1.29, 1.82) is 0 Å². The van der Waals surface area contributed by atoms with Crippen LogP contribution in [0.4, 0.5) is 5.69 Å². The van der Waals surface area contributed by atoms with E-state index in [0.29, 0.717) is 5.69 Å². The van der Waals surface area contributed by atoms with Gasteiger partial charge in [-0.05, 0) is 49.4 Å². The SMILES string of the molecule is CCOC(=O)c1ccc(CNS(=O)(=O)c2ccc(Cl)c(C(=O)Nc3ccccc3)c2)o1. The third kappa shape index (κ3) is 5.72. The van der Waals surface area contributed by atoms with Crippen molar-refractivity contribution in [1.82, 2.24) is 4.72 Å². The molecule has 0 spiro atoms. The van der Waals surface area contributed by atoms with Gasteiger partial charge in [-0.15, -0.1) is 0 Å². The zero-order chi connectivity index (χ0) is 22.4. The number of carbonyl (C=O) groups is 2. The van der Waals surface area contributed by atoms with E-state index in [1.807, 2.05) is 0 Å². The minimum atomic E-state index is -3.99. The number of sulfonamides is 1. The lowest BCUT2D eigenvalue weighted by atomic mass is 10.2. The molecule has 1 amide bonds. The molecule has 10 heteroatoms. The lowest BCUT2D eigenvalue weighted by molar-refractivity contribution is 0.0488. The van der Waals surface area contributed by atoms with Gasteiger partial charge < -0.3 is 14.5 Å². The van der Waals surface area contributed by atoms with Crippen LogP contribution in [0.3, 0.4) is 0 Å². The molecule has 0 aliphatic rings. The monoisotopic (exact) mass is 462 g/mol. The first-order valence-electron chi connectivity index (χ1n) is 9.21. The van der Waals surface area contributed by atoms with Gasteiger partial charge in [-0.25, -0.2) is 17.9 Å². The fraction of sp³-hybridized carbons (Fsp3) is 0.143. The van der Waals surface area contributed by atoms with Crippen molar-refractivity contribution in [3.63, 3.8) is 0 Å². The number of anilines is 1. The number of ether oxygens (including phenoxy) is 1. The van der Waals surface area contributed by atoms with E-state index in [4.69, 9.17) is 20.8 Å². The van der Waals surface area contributed by atoms with E-state index in [1.165, 1.54) is 30.3 Å². The number of para-hydroxylation sites is 1. The predicted molar refractivity (Wildman–Crippen MR) is 115 cm³/mol. The van der Waals surface area contributed by atoms with Crippen LogP contribution in [0.15, 0.2) is 70.0 Å². The van der Waals surface area contributed by atoms with Crippen molar-refractivity contribution in [3.8, 4) is 0 Å². The van der Waals surface area contributed by atoms with Crippen LogP contribution < -0.4 is 10.0 Å². The van der Waals surface area contributed by atoms with Gasteiger partial charge in [0.2, 0.25) is 15.8 Å². The molecular formula is C21H19ClN2O6S. The number of hydrogen-bond acceptors (Lipinski definition) is 6. The average Bonchev–Trinajstić information content (AvgIpc) is 3.23. The fourth-order valence-corrected chi connectivity index (χ4v) is 3.82. The molecular weight excluding hydrogens is 444 g/mol. The van der Waals surface area contributed by atoms with E-state index in [2.05, 4.69) is 10.0 Å². The molecule has 0 unspecified atom stereocenters. The third-order valence-electron chi connectivity index (χ3n) is 4.10. The van der Waals surface area contributed by atoms with Gasteiger partial charge in [-0.1, -0.05) is 29.8 Å². The van der Waals surface area contributed by atoms with Gasteiger partial charge >= 0.3 is 5.97 Å². The first-order chi connectivity index (χ1) is 14.8. The van der Waals surface area contributed by atoms with Crippen molar-refractivity contribution >= 4 is 39.2 Å². The molecule has 1 aromatic heterocycles. The molecule has 2 N–H and O–H groups in total. The third-order valence-corrected chi connectivity index (χ3v) is 5.83. The molecule has 31 heavy (non-hydrogen) atoms. The quantitative estimate of drug-likeness (QED) is 0.491. The molecule has 2 aromatic carbocycles. The van der Waals surface area contributed by atoms with Crippen molar-refractivity contribution in [3.05, 3.63) is 82.8 Å². The number of amides is 1. The zero-order valence-corrected chi connectivity index (χ0v) is 18.0. The molecule has 0 radical (unpaired) electrons. The molecule has 3 aromatic rings. The van der Waals surface area contributed by atoms with E-state index < -0.39 is 21.9 Å². The van der Waals surface area contributed by atoms with E-state index in [9.17, 15) is 18.0 Å². The van der Waals surface area contributed by atoms with E-state index in [0.717, 1.165) is 0 Å². The minimum Gasteiger partial charge on any atom is -0.460 e. The topological polar surface area (TPSA) is 115 Å². The highest BCUT2D eigenvalue weighted by molar-refractivity contribution is 7.89. The van der Waals surface area contributed by atoms with Crippen LogP contribution in [0.2, 0.25) is 5.02 Å². The Bertz CT molecular complexity index is 1190. The maximum Gasteiger partial charge on any atom is 0.374 e. The summed E-state index contributed by atoms with van der Waals surface area (Å²) in [5.74, 6) is -0.980. The number of halogens is 1. The van der Waals surface area contributed by atoms with Crippen LogP contribution in [-0.4, -0.2) is 26.9 Å². The van der Waals surface area contributed by atoms with Gasteiger partial charge in [-0.3, -0.25) is 4.79 Å². The molecule has 8 nitrogen and oxygen atoms in total. The zero-order valence-electron chi connectivity index (χ0n) is 16.4. The second-order valence-corrected chi connectivity index (χ2v) is 8.45. The second-order valence-electron chi connectivity index (χ2n) is 6.27. The summed E-state index contributed by atoms with van der Waals surface area (Å²) in [7, 11) is -3.99. The molecule has 0 aliphatic heterocycles. The molecule has 162 valence electrons. The van der Waals surface area contributed by atoms with Crippen molar-refractivity contribution in [2.45, 2.75) is 18.4 Å². The van der Waals surface area contributed by atoms with Gasteiger partial charge in [-0.2, -0.15) is 0 Å². The van der Waals surface area contributed by atoms with Gasteiger partial charge in [0.15, 0.2) is 0 Å². The average molecular weight is 463 g/mol. The summed E-state index contributed by atoms with van der Waals surface area (Å²) < 4.78 is 37.8. The summed E-state index contributed by atoms with van der Waals surface area (Å²) in [5, 5.41) is 2.77. The van der Waals surface area contributed by atoms with Crippen LogP contribution in [-0.2, 0) is 21.3 Å². The number of nitrogens with one attached hydrogen (secondary N) is 2. The number of benzene rings is 2. The van der Waals surface area contributed by atoms with Crippen LogP contribution in [0.25, 0.3) is 0 Å². The van der Waals surface area contributed by atoms with Crippen molar-refractivity contribution in [2.75, 3.05) is 11.9 Å². The van der Waals surface area contributed by atoms with Gasteiger partial charge in [0, 0.05) is 5.69 Å². The summed E-state index contributed by atoms with van der Waals surface area (Å²) >= 11 is 6.10. The lowest BCUT2D eigenvalue weighted by Crippen LogP contribution is -2.23. The highest BCUT2D eigenvalue weighted by atomic mass is 35.5. The smallest absolute Gasteiger partial charge is 0.374 e. The Morgan fingerprint density at radius 1 is 1.06 bits per heavy atom. The van der Waals surface area contributed by atoms with E-state index in [1.54, 1.807) is 37.3 Å². The second kappa shape index (κ2) is 9.78. The summed E-state index contributed by atoms with van der Waals surface area (Å²) in [4.78, 5) is 24.0. The molecule has 0 fully saturated rings. The van der Waals surface area contributed by atoms with Crippen LogP contribution in [0.1, 0.15) is 33.6 Å². The molecule has 0 atom stereocenters. The Kier molecular flexibility index (Phi) is 7.11. The molecule has 0 aliphatic carbocycles. The maximum atomic E-state index is 12.7. The number of esters is 1. The Hall–Kier alpha value is -3.14. The Morgan fingerprint density at radius 3 is 2.52 bits per heavy atom. The summed E-state index contributed by atoms with van der Waals surface area (Å²) in [6, 6.07) is 15.4. The van der Waals surface area contributed by atoms with Crippen LogP contribution >= 0.6 is 11.6 Å². The van der Waals surface area contributed by atoms with Crippen LogP contribution in [0, 0.1) is 0 Å². The van der Waals surface area contributed by atoms with E-state index >= 15 is 0 Å². The normalized spacial score (nSPS) is 11.2. The number of rotatable bonds is 8. The van der Waals surface area contributed by atoms with Crippen molar-refractivity contribution < 1.29 is 27.2 Å². The predicted octanol–water partition coefficient (Wildman–Crippen LogP) is 3.84. The van der Waals surface area contributed by atoms with Gasteiger partial charge in [0.25, 0.3) is 5.91 Å². The molecule has 0 saturated carbocycles. The van der Waals surface area contributed by atoms with Gasteiger partial charge in [0.1, 0.15) is 5.76 Å². The highest BCUT2D eigenvalue weighted by Crippen LogP contribution is 2.22. The Labute approximate surface area is 184 Å². The summed E-state index contributed by atoms with van der Waals surface area (Å²) in [5.41, 5.74) is 0.557. The van der Waals surface area contributed by atoms with Crippen LogP contribution in [0.5, 0.6) is 0 Å². The first-order valence-corrected chi connectivity index (χ1v) is 11.1. The number of hydrogen-bond donors (Lipinski definition) is 2. The molecule has 0 bridgehead atoms. The summed E-state index contributed by atoms with van der Waals surface area (Å²) in [6.45, 7) is 1.66. The Balaban J connectivity index is 1.73. The highest BCUT2D eigenvalue weighted by Gasteiger charge is 2.20. The molecule has 0 saturated heterocycles. The number of carbonyl (C=O) groups excluding carboxylic acids is 2. The standard InChI is InChI=1S/C21H19ClN2O6S/c1-2-29-21(26)19-11-8-15(30-19)13-23-31(27,28)16-9-10-18(22)17(12-16)20(25)24-14-6-4-3-5-7-14/h3-12,23H,2,13H2,1H3,(H,24,25). The number of furan rings is 1. The molecule has 3 rings (SSSR count). The minimum absolute atomic E-state index is 0.0102. The van der Waals surface area contributed by atoms with E-state index in [-0.39, 0.29) is 40.2 Å². The fourth-order valence-electron chi connectivity index (χ4n) is 2.60. The molecule has 1 heterocycles. The Morgan fingerprint density at radius 2 is 1.81 bits per heavy atom. The maximum absolute atomic E-state index is 12.7. The lowest BCUT2D eigenvalue weighted by Gasteiger charge is -2.10. The first kappa shape index (κ1) is 22.5. The summed E-state index contributed by atoms with van der Waals surface area (Å²) in [6.07, 6.45) is 0. The van der Waals surface area contributed by atoms with Gasteiger partial charge in [0.05, 0.1) is 28.6 Å². The van der Waals surface area contributed by atoms with Crippen molar-refractivity contribution in [2.24, 2.45) is 0 Å². The largest absolute Gasteiger partial charge is 0.460 e.